The summed E-state index contributed by atoms with van der Waals surface area (Å²) in [5.41, 5.74) is 8.79. The summed E-state index contributed by atoms with van der Waals surface area (Å²) in [7, 11) is 0. The summed E-state index contributed by atoms with van der Waals surface area (Å²) in [6.07, 6.45) is 0. The summed E-state index contributed by atoms with van der Waals surface area (Å²) in [5, 5.41) is 6.94. The number of ether oxygens (including phenoxy) is 1. The Bertz CT molecular complexity index is 933. The van der Waals surface area contributed by atoms with E-state index in [-0.39, 0.29) is 5.91 Å². The SMILES string of the molecule is C=C(NNC(=O)c1cc(-c2ccc(OCC)cc2)n[nH]1)c1ccc(Br)cc1. The van der Waals surface area contributed by atoms with E-state index in [9.17, 15) is 4.79 Å². The van der Waals surface area contributed by atoms with Gasteiger partial charge in [-0.15, -0.1) is 0 Å². The normalized spacial score (nSPS) is 10.3. The molecule has 0 fully saturated rings. The van der Waals surface area contributed by atoms with Gasteiger partial charge in [0.2, 0.25) is 0 Å². The minimum Gasteiger partial charge on any atom is -0.494 e. The molecule has 27 heavy (non-hydrogen) atoms. The van der Waals surface area contributed by atoms with E-state index in [0.29, 0.717) is 23.7 Å². The van der Waals surface area contributed by atoms with Crippen LogP contribution in [-0.2, 0) is 0 Å². The van der Waals surface area contributed by atoms with Crippen molar-refractivity contribution in [1.82, 2.24) is 21.0 Å². The quantitative estimate of drug-likeness (QED) is 0.496. The Morgan fingerprint density at radius 3 is 2.52 bits per heavy atom. The Hall–Kier alpha value is -3.06. The van der Waals surface area contributed by atoms with Gasteiger partial charge >= 0.3 is 0 Å². The lowest BCUT2D eigenvalue weighted by atomic mass is 10.1. The van der Waals surface area contributed by atoms with Crippen LogP contribution in [0.5, 0.6) is 5.75 Å². The van der Waals surface area contributed by atoms with Crippen LogP contribution in [0.1, 0.15) is 23.0 Å². The van der Waals surface area contributed by atoms with Gasteiger partial charge in [-0.25, -0.2) is 0 Å². The number of nitrogens with one attached hydrogen (secondary N) is 3. The second kappa shape index (κ2) is 8.55. The number of hydrogen-bond donors (Lipinski definition) is 3. The molecule has 0 bridgehead atoms. The third-order valence-corrected chi connectivity index (χ3v) is 4.33. The second-order valence-corrected chi connectivity index (χ2v) is 6.60. The number of hydrogen-bond acceptors (Lipinski definition) is 4. The van der Waals surface area contributed by atoms with E-state index in [2.05, 4.69) is 43.6 Å². The zero-order chi connectivity index (χ0) is 19.2. The van der Waals surface area contributed by atoms with Crippen LogP contribution in [0.15, 0.2) is 65.6 Å². The average molecular weight is 427 g/mol. The highest BCUT2D eigenvalue weighted by molar-refractivity contribution is 9.10. The zero-order valence-electron chi connectivity index (χ0n) is 14.8. The van der Waals surface area contributed by atoms with Crippen molar-refractivity contribution < 1.29 is 9.53 Å². The molecule has 0 atom stereocenters. The summed E-state index contributed by atoms with van der Waals surface area (Å²) < 4.78 is 6.40. The fourth-order valence-corrected chi connectivity index (χ4v) is 2.66. The molecule has 2 aromatic carbocycles. The van der Waals surface area contributed by atoms with Crippen molar-refractivity contribution in [3.8, 4) is 17.0 Å². The van der Waals surface area contributed by atoms with E-state index in [1.807, 2.05) is 55.5 Å². The number of hydrazine groups is 1. The smallest absolute Gasteiger partial charge is 0.287 e. The van der Waals surface area contributed by atoms with Crippen LogP contribution < -0.4 is 15.6 Å². The summed E-state index contributed by atoms with van der Waals surface area (Å²) >= 11 is 3.38. The molecule has 3 aromatic rings. The van der Waals surface area contributed by atoms with E-state index in [1.54, 1.807) is 6.07 Å². The third kappa shape index (κ3) is 4.77. The Labute approximate surface area is 165 Å². The first-order chi connectivity index (χ1) is 13.1. The van der Waals surface area contributed by atoms with Gasteiger partial charge in [0.25, 0.3) is 5.91 Å². The molecule has 0 spiro atoms. The van der Waals surface area contributed by atoms with Gasteiger partial charge in [-0.2, -0.15) is 5.10 Å². The summed E-state index contributed by atoms with van der Waals surface area (Å²) in [4.78, 5) is 12.3. The molecular weight excluding hydrogens is 408 g/mol. The molecular formula is C20H19BrN4O2. The molecule has 3 rings (SSSR count). The highest BCUT2D eigenvalue weighted by atomic mass is 79.9. The molecule has 0 aliphatic heterocycles. The largest absolute Gasteiger partial charge is 0.494 e. The Morgan fingerprint density at radius 1 is 1.15 bits per heavy atom. The Balaban J connectivity index is 1.61. The van der Waals surface area contributed by atoms with Crippen LogP contribution in [0.25, 0.3) is 17.0 Å². The first-order valence-corrected chi connectivity index (χ1v) is 9.16. The molecule has 1 amide bonds. The van der Waals surface area contributed by atoms with Crippen molar-refractivity contribution >= 4 is 27.5 Å². The van der Waals surface area contributed by atoms with E-state index in [4.69, 9.17) is 4.74 Å². The number of carbonyl (C=O) groups is 1. The number of carbonyl (C=O) groups excluding carboxylic acids is 1. The number of amides is 1. The van der Waals surface area contributed by atoms with Gasteiger partial charge in [-0.1, -0.05) is 34.6 Å². The molecule has 0 radical (unpaired) electrons. The van der Waals surface area contributed by atoms with Crippen LogP contribution in [0.2, 0.25) is 0 Å². The van der Waals surface area contributed by atoms with Crippen LogP contribution in [0, 0.1) is 0 Å². The van der Waals surface area contributed by atoms with Crippen molar-refractivity contribution in [3.63, 3.8) is 0 Å². The predicted molar refractivity (Wildman–Crippen MR) is 109 cm³/mol. The zero-order valence-corrected chi connectivity index (χ0v) is 16.3. The monoisotopic (exact) mass is 426 g/mol. The number of benzene rings is 2. The lowest BCUT2D eigenvalue weighted by Gasteiger charge is -2.10. The minimum atomic E-state index is -0.335. The number of nitrogens with zero attached hydrogens (tertiary/aromatic N) is 1. The minimum absolute atomic E-state index is 0.335. The second-order valence-electron chi connectivity index (χ2n) is 5.69. The molecule has 3 N–H and O–H groups in total. The molecule has 0 saturated heterocycles. The van der Waals surface area contributed by atoms with Crippen LogP contribution in [-0.4, -0.2) is 22.7 Å². The molecule has 0 aliphatic carbocycles. The first-order valence-electron chi connectivity index (χ1n) is 8.36. The first kappa shape index (κ1) is 18.7. The molecule has 7 heteroatoms. The molecule has 6 nitrogen and oxygen atoms in total. The number of rotatable bonds is 7. The summed E-state index contributed by atoms with van der Waals surface area (Å²) in [6.45, 7) is 6.47. The fraction of sp³-hybridized carbons (Fsp3) is 0.100. The topological polar surface area (TPSA) is 79.0 Å². The van der Waals surface area contributed by atoms with Gasteiger partial charge < -0.3 is 4.74 Å². The maximum absolute atomic E-state index is 12.3. The third-order valence-electron chi connectivity index (χ3n) is 3.80. The standard InChI is InChI=1S/C20H19BrN4O2/c1-3-27-17-10-6-15(7-11-17)18-12-19(24-23-18)20(26)25-22-13(2)14-4-8-16(21)9-5-14/h4-12,22H,2-3H2,1H3,(H,23,24)(H,25,26). The van der Waals surface area contributed by atoms with Crippen LogP contribution in [0.3, 0.4) is 0 Å². The average Bonchev–Trinajstić information content (AvgIpc) is 3.17. The van der Waals surface area contributed by atoms with Crippen molar-refractivity contribution in [2.75, 3.05) is 6.61 Å². The van der Waals surface area contributed by atoms with E-state index in [1.165, 1.54) is 0 Å². The van der Waals surface area contributed by atoms with Crippen molar-refractivity contribution in [2.45, 2.75) is 6.92 Å². The highest BCUT2D eigenvalue weighted by Crippen LogP contribution is 2.21. The van der Waals surface area contributed by atoms with Gasteiger partial charge in [-0.3, -0.25) is 20.7 Å². The predicted octanol–water partition coefficient (Wildman–Crippen LogP) is 4.14. The Morgan fingerprint density at radius 2 is 1.85 bits per heavy atom. The molecule has 1 aromatic heterocycles. The van der Waals surface area contributed by atoms with Gasteiger partial charge in [0.1, 0.15) is 11.4 Å². The number of H-pyrrole nitrogens is 1. The van der Waals surface area contributed by atoms with Crippen LogP contribution in [0.4, 0.5) is 0 Å². The van der Waals surface area contributed by atoms with Gasteiger partial charge in [0.05, 0.1) is 18.0 Å². The molecule has 138 valence electrons. The molecule has 1 heterocycles. The number of aromatic amines is 1. The lowest BCUT2D eigenvalue weighted by Crippen LogP contribution is -2.36. The van der Waals surface area contributed by atoms with Crippen molar-refractivity contribution in [3.05, 3.63) is 76.9 Å². The van der Waals surface area contributed by atoms with Gasteiger partial charge in [0, 0.05) is 10.0 Å². The maximum atomic E-state index is 12.3. The number of halogens is 1. The maximum Gasteiger partial charge on any atom is 0.287 e. The summed E-state index contributed by atoms with van der Waals surface area (Å²) in [5.74, 6) is 0.461. The lowest BCUT2D eigenvalue weighted by molar-refractivity contribution is 0.0937. The van der Waals surface area contributed by atoms with Crippen molar-refractivity contribution in [1.29, 1.82) is 0 Å². The molecule has 0 unspecified atom stereocenters. The fourth-order valence-electron chi connectivity index (χ4n) is 2.40. The van der Waals surface area contributed by atoms with Gasteiger partial charge in [-0.05, 0) is 55.0 Å². The molecule has 0 aliphatic rings. The van der Waals surface area contributed by atoms with Crippen LogP contribution >= 0.6 is 15.9 Å². The Kier molecular flexibility index (Phi) is 5.93. The summed E-state index contributed by atoms with van der Waals surface area (Å²) in [6, 6.07) is 16.8. The van der Waals surface area contributed by atoms with E-state index >= 15 is 0 Å². The van der Waals surface area contributed by atoms with E-state index in [0.717, 1.165) is 21.3 Å². The van der Waals surface area contributed by atoms with Gasteiger partial charge in [0.15, 0.2) is 0 Å². The van der Waals surface area contributed by atoms with E-state index < -0.39 is 0 Å². The van der Waals surface area contributed by atoms with Crippen molar-refractivity contribution in [2.24, 2.45) is 0 Å². The molecule has 0 saturated carbocycles. The number of aromatic nitrogens is 2. The highest BCUT2D eigenvalue weighted by Gasteiger charge is 2.11.